The fourth-order valence-corrected chi connectivity index (χ4v) is 3.68. The molecule has 0 saturated carbocycles. The summed E-state index contributed by atoms with van der Waals surface area (Å²) in [5.41, 5.74) is 0.256. The molecule has 1 atom stereocenters. The Morgan fingerprint density at radius 2 is 1.92 bits per heavy atom. The molecule has 9 heteroatoms. The number of nitrogens with zero attached hydrogens (tertiary/aromatic N) is 3. The molecular weight excluding hydrogens is 352 g/mol. The summed E-state index contributed by atoms with van der Waals surface area (Å²) in [7, 11) is -3.73. The van der Waals surface area contributed by atoms with Crippen LogP contribution in [-0.4, -0.2) is 41.1 Å². The van der Waals surface area contributed by atoms with Crippen molar-refractivity contribution < 1.29 is 13.5 Å². The van der Waals surface area contributed by atoms with Crippen LogP contribution in [0, 0.1) is 0 Å². The van der Waals surface area contributed by atoms with Gasteiger partial charge in [0.2, 0.25) is 5.28 Å². The molecule has 2 heterocycles. The molecule has 0 amide bonds. The number of nitrogens with one attached hydrogen (secondary N) is 1. The van der Waals surface area contributed by atoms with Crippen LogP contribution in [0.1, 0.15) is 26.5 Å². The smallest absolute Gasteiger partial charge is 0.224 e. The van der Waals surface area contributed by atoms with E-state index in [1.54, 1.807) is 20.8 Å². The van der Waals surface area contributed by atoms with Gasteiger partial charge in [0, 0.05) is 24.5 Å². The van der Waals surface area contributed by atoms with E-state index in [-0.39, 0.29) is 28.5 Å². The minimum atomic E-state index is -3.73. The number of aliphatic hydroxyl groups excluding tert-OH is 1. The maximum Gasteiger partial charge on any atom is 0.224 e. The molecule has 0 spiro atoms. The van der Waals surface area contributed by atoms with Crippen LogP contribution in [0.5, 0.6) is 0 Å². The van der Waals surface area contributed by atoms with E-state index in [4.69, 9.17) is 16.7 Å². The third kappa shape index (κ3) is 3.66. The van der Waals surface area contributed by atoms with Gasteiger partial charge in [0.05, 0.1) is 17.2 Å². The predicted molar refractivity (Wildman–Crippen MR) is 91.7 cm³/mol. The molecule has 2 aromatic heterocycles. The minimum absolute atomic E-state index is 0.0712. The number of hydrogen-bond acceptors (Lipinski definition) is 7. The third-order valence-corrected chi connectivity index (χ3v) is 6.23. The Labute approximate surface area is 146 Å². The van der Waals surface area contributed by atoms with E-state index in [1.807, 2.05) is 0 Å². The summed E-state index contributed by atoms with van der Waals surface area (Å²) >= 11 is 5.95. The van der Waals surface area contributed by atoms with Gasteiger partial charge in [-0.1, -0.05) is 0 Å². The fraction of sp³-hybridized carbons (Fsp3) is 0.400. The van der Waals surface area contributed by atoms with Gasteiger partial charge in [-0.15, -0.1) is 0 Å². The highest BCUT2D eigenvalue weighted by Gasteiger charge is 2.39. The third-order valence-electron chi connectivity index (χ3n) is 3.62. The molecule has 0 aliphatic rings. The van der Waals surface area contributed by atoms with E-state index in [9.17, 15) is 8.42 Å². The molecule has 130 valence electrons. The van der Waals surface area contributed by atoms with Crippen LogP contribution in [0.2, 0.25) is 5.28 Å². The topological polar surface area (TPSA) is 105 Å². The standard InChI is InChI=1S/C15H19ClN4O3S/c1-10(9-21)18-13-8-12(19-14(16)20-13)15(2,3)24(22,23)11-4-6-17-7-5-11/h4-8,10,21H,9H2,1-3H3,(H,18,19,20)/t10-/m0/s1. The van der Waals surface area contributed by atoms with Crippen molar-refractivity contribution in [3.8, 4) is 0 Å². The van der Waals surface area contributed by atoms with Crippen molar-refractivity contribution in [3.05, 3.63) is 41.6 Å². The molecule has 0 fully saturated rings. The molecule has 0 saturated heterocycles. The van der Waals surface area contributed by atoms with Crippen LogP contribution in [-0.2, 0) is 14.6 Å². The van der Waals surface area contributed by atoms with Crippen molar-refractivity contribution in [1.29, 1.82) is 0 Å². The number of aliphatic hydroxyl groups is 1. The molecule has 24 heavy (non-hydrogen) atoms. The average molecular weight is 371 g/mol. The van der Waals surface area contributed by atoms with Crippen LogP contribution in [0.15, 0.2) is 35.5 Å². The number of anilines is 1. The molecule has 0 radical (unpaired) electrons. The van der Waals surface area contributed by atoms with Crippen LogP contribution < -0.4 is 5.32 Å². The lowest BCUT2D eigenvalue weighted by molar-refractivity contribution is 0.281. The van der Waals surface area contributed by atoms with Crippen LogP contribution in [0.25, 0.3) is 0 Å². The summed E-state index contributed by atoms with van der Waals surface area (Å²) in [6, 6.07) is 4.14. The Morgan fingerprint density at radius 1 is 1.29 bits per heavy atom. The number of pyridine rings is 1. The fourth-order valence-electron chi connectivity index (χ4n) is 2.05. The lowest BCUT2D eigenvalue weighted by Gasteiger charge is -2.25. The zero-order valence-electron chi connectivity index (χ0n) is 13.6. The molecule has 0 bridgehead atoms. The Hall–Kier alpha value is -1.77. The first-order valence-electron chi connectivity index (χ1n) is 7.25. The highest BCUT2D eigenvalue weighted by atomic mass is 35.5. The average Bonchev–Trinajstić information content (AvgIpc) is 2.54. The van der Waals surface area contributed by atoms with E-state index in [0.29, 0.717) is 5.82 Å². The van der Waals surface area contributed by atoms with Gasteiger partial charge in [0.15, 0.2) is 9.84 Å². The summed E-state index contributed by atoms with van der Waals surface area (Å²) in [5.74, 6) is 0.351. The molecule has 7 nitrogen and oxygen atoms in total. The van der Waals surface area contributed by atoms with Crippen molar-refractivity contribution in [2.45, 2.75) is 36.5 Å². The van der Waals surface area contributed by atoms with E-state index in [1.165, 1.54) is 30.6 Å². The largest absolute Gasteiger partial charge is 0.394 e. The molecular formula is C15H19ClN4O3S. The molecule has 0 aromatic carbocycles. The number of aromatic nitrogens is 3. The second kappa shape index (κ2) is 7.00. The summed E-state index contributed by atoms with van der Waals surface area (Å²) in [6.07, 6.45) is 2.84. The van der Waals surface area contributed by atoms with Crippen LogP contribution >= 0.6 is 11.6 Å². The highest BCUT2D eigenvalue weighted by molar-refractivity contribution is 7.92. The van der Waals surface area contributed by atoms with Gasteiger partial charge in [-0.25, -0.2) is 18.4 Å². The molecule has 2 rings (SSSR count). The first-order chi connectivity index (χ1) is 11.2. The van der Waals surface area contributed by atoms with Gasteiger partial charge < -0.3 is 10.4 Å². The normalized spacial score (nSPS) is 13.5. The number of hydrogen-bond donors (Lipinski definition) is 2. The van der Waals surface area contributed by atoms with E-state index < -0.39 is 14.6 Å². The highest BCUT2D eigenvalue weighted by Crippen LogP contribution is 2.34. The summed E-state index contributed by atoms with van der Waals surface area (Å²) in [4.78, 5) is 12.1. The number of halogens is 1. The molecule has 2 N–H and O–H groups in total. The van der Waals surface area contributed by atoms with Gasteiger partial charge in [-0.05, 0) is 44.5 Å². The molecule has 2 aromatic rings. The number of sulfone groups is 1. The maximum absolute atomic E-state index is 13.0. The molecule has 0 aliphatic carbocycles. The van der Waals surface area contributed by atoms with Crippen LogP contribution in [0.4, 0.5) is 5.82 Å². The minimum Gasteiger partial charge on any atom is -0.394 e. The summed E-state index contributed by atoms with van der Waals surface area (Å²) < 4.78 is 24.6. The van der Waals surface area contributed by atoms with Crippen molar-refractivity contribution in [3.63, 3.8) is 0 Å². The van der Waals surface area contributed by atoms with E-state index in [0.717, 1.165) is 0 Å². The van der Waals surface area contributed by atoms with Crippen LogP contribution in [0.3, 0.4) is 0 Å². The zero-order chi connectivity index (χ0) is 18.0. The lowest BCUT2D eigenvalue weighted by atomic mass is 10.1. The first kappa shape index (κ1) is 18.6. The Bertz CT molecular complexity index is 813. The second-order valence-electron chi connectivity index (χ2n) is 5.83. The lowest BCUT2D eigenvalue weighted by Crippen LogP contribution is -2.31. The Balaban J connectivity index is 2.49. The Morgan fingerprint density at radius 3 is 2.50 bits per heavy atom. The maximum atomic E-state index is 13.0. The Kier molecular flexibility index (Phi) is 5.42. The van der Waals surface area contributed by atoms with Gasteiger partial charge in [-0.3, -0.25) is 4.98 Å². The predicted octanol–water partition coefficient (Wildman–Crippen LogP) is 2.03. The summed E-state index contributed by atoms with van der Waals surface area (Å²) in [6.45, 7) is 4.77. The van der Waals surface area contributed by atoms with Gasteiger partial charge in [0.1, 0.15) is 10.6 Å². The monoisotopic (exact) mass is 370 g/mol. The van der Waals surface area contributed by atoms with Crippen molar-refractivity contribution in [2.24, 2.45) is 0 Å². The number of rotatable bonds is 6. The van der Waals surface area contributed by atoms with Crippen molar-refractivity contribution >= 4 is 27.3 Å². The van der Waals surface area contributed by atoms with Gasteiger partial charge in [0.25, 0.3) is 0 Å². The molecule has 0 aliphatic heterocycles. The quantitative estimate of drug-likeness (QED) is 0.749. The van der Waals surface area contributed by atoms with Gasteiger partial charge >= 0.3 is 0 Å². The molecule has 0 unspecified atom stereocenters. The SMILES string of the molecule is C[C@@H](CO)Nc1cc(C(C)(C)S(=O)(=O)c2ccncc2)nc(Cl)n1. The van der Waals surface area contributed by atoms with Crippen molar-refractivity contribution in [1.82, 2.24) is 15.0 Å². The van der Waals surface area contributed by atoms with Gasteiger partial charge in [-0.2, -0.15) is 0 Å². The second-order valence-corrected chi connectivity index (χ2v) is 8.67. The first-order valence-corrected chi connectivity index (χ1v) is 9.11. The van der Waals surface area contributed by atoms with Crippen molar-refractivity contribution in [2.75, 3.05) is 11.9 Å². The van der Waals surface area contributed by atoms with E-state index in [2.05, 4.69) is 20.3 Å². The zero-order valence-corrected chi connectivity index (χ0v) is 15.1. The summed E-state index contributed by atoms with van der Waals surface area (Å²) in [5, 5.41) is 12.0. The van der Waals surface area contributed by atoms with E-state index >= 15 is 0 Å².